The number of amides is 2. The van der Waals surface area contributed by atoms with Gasteiger partial charge in [-0.3, -0.25) is 4.79 Å². The molecule has 1 saturated heterocycles. The topological polar surface area (TPSA) is 74.4 Å². The number of ether oxygens (including phenoxy) is 1. The molecule has 4 rings (SSSR count). The number of carbonyl (C=O) groups excluding carboxylic acids is 1. The van der Waals surface area contributed by atoms with Crippen molar-refractivity contribution in [3.05, 3.63) is 75.0 Å². The maximum atomic E-state index is 13.1. The number of hydrogen-bond acceptors (Lipinski definition) is 3. The Kier molecular flexibility index (Phi) is 6.06. The highest BCUT2D eigenvalue weighted by atomic mass is 35.5. The van der Waals surface area contributed by atoms with E-state index in [4.69, 9.17) is 16.3 Å². The van der Waals surface area contributed by atoms with Crippen LogP contribution in [0.3, 0.4) is 0 Å². The van der Waals surface area contributed by atoms with Gasteiger partial charge < -0.3 is 19.9 Å². The SMILES string of the molecule is Cc1ccc2cc(CN(C[C@@H]3CCCO3)C(=O)Nc3ccccc3Cl)c(=O)[nH]c2c1. The Bertz CT molecular complexity index is 1120. The highest BCUT2D eigenvalue weighted by Crippen LogP contribution is 2.22. The second-order valence-electron chi connectivity index (χ2n) is 7.64. The van der Waals surface area contributed by atoms with Gasteiger partial charge in [-0.2, -0.15) is 0 Å². The Hall–Kier alpha value is -2.83. The minimum atomic E-state index is -0.318. The maximum absolute atomic E-state index is 13.1. The van der Waals surface area contributed by atoms with Crippen LogP contribution in [-0.2, 0) is 11.3 Å². The fourth-order valence-corrected chi connectivity index (χ4v) is 3.88. The summed E-state index contributed by atoms with van der Waals surface area (Å²) in [6, 6.07) is 14.5. The first-order valence-electron chi connectivity index (χ1n) is 10.0. The van der Waals surface area contributed by atoms with Crippen LogP contribution in [-0.4, -0.2) is 35.2 Å². The maximum Gasteiger partial charge on any atom is 0.322 e. The second kappa shape index (κ2) is 8.90. The van der Waals surface area contributed by atoms with E-state index in [0.717, 1.165) is 29.3 Å². The number of anilines is 1. The van der Waals surface area contributed by atoms with Gasteiger partial charge in [-0.15, -0.1) is 0 Å². The molecule has 1 aliphatic heterocycles. The van der Waals surface area contributed by atoms with Crippen molar-refractivity contribution in [1.82, 2.24) is 9.88 Å². The van der Waals surface area contributed by atoms with Crippen LogP contribution >= 0.6 is 11.6 Å². The standard InChI is InChI=1S/C23H24ClN3O3/c1-15-8-9-16-12-17(22(28)25-21(16)11-15)13-27(14-18-5-4-10-30-18)23(29)26-20-7-3-2-6-19(20)24/h2-3,6-9,11-12,18H,4-5,10,13-14H2,1H3,(H,25,28)(H,26,29)/t18-/m0/s1. The average molecular weight is 426 g/mol. The van der Waals surface area contributed by atoms with Crippen LogP contribution in [0.15, 0.2) is 53.3 Å². The molecule has 0 spiro atoms. The number of aromatic amines is 1. The minimum absolute atomic E-state index is 0.0378. The molecular formula is C23H24ClN3O3. The van der Waals surface area contributed by atoms with Crippen LogP contribution in [0.5, 0.6) is 0 Å². The van der Waals surface area contributed by atoms with Gasteiger partial charge in [-0.25, -0.2) is 4.79 Å². The molecular weight excluding hydrogens is 402 g/mol. The molecule has 1 aliphatic rings. The van der Waals surface area contributed by atoms with E-state index < -0.39 is 0 Å². The largest absolute Gasteiger partial charge is 0.376 e. The van der Waals surface area contributed by atoms with Gasteiger partial charge in [0.2, 0.25) is 0 Å². The van der Waals surface area contributed by atoms with E-state index in [0.29, 0.717) is 29.4 Å². The third kappa shape index (κ3) is 4.66. The normalized spacial score (nSPS) is 16.0. The fraction of sp³-hybridized carbons (Fsp3) is 0.304. The van der Waals surface area contributed by atoms with E-state index in [1.165, 1.54) is 0 Å². The number of H-pyrrole nitrogens is 1. The summed E-state index contributed by atoms with van der Waals surface area (Å²) in [7, 11) is 0. The van der Waals surface area contributed by atoms with Crippen LogP contribution in [0.25, 0.3) is 10.9 Å². The lowest BCUT2D eigenvalue weighted by atomic mass is 10.1. The molecule has 0 aliphatic carbocycles. The quantitative estimate of drug-likeness (QED) is 0.622. The second-order valence-corrected chi connectivity index (χ2v) is 8.05. The highest BCUT2D eigenvalue weighted by molar-refractivity contribution is 6.33. The van der Waals surface area contributed by atoms with E-state index in [1.807, 2.05) is 37.3 Å². The third-order valence-electron chi connectivity index (χ3n) is 5.29. The first kappa shape index (κ1) is 20.4. The molecule has 7 heteroatoms. The Labute approximate surface area is 179 Å². The lowest BCUT2D eigenvalue weighted by Gasteiger charge is -2.26. The molecule has 0 saturated carbocycles. The molecule has 0 bridgehead atoms. The molecule has 156 valence electrons. The zero-order chi connectivity index (χ0) is 21.1. The summed E-state index contributed by atoms with van der Waals surface area (Å²) in [6.45, 7) is 3.26. The predicted molar refractivity (Wildman–Crippen MR) is 119 cm³/mol. The number of halogens is 1. The number of carbonyl (C=O) groups is 1. The lowest BCUT2D eigenvalue weighted by Crippen LogP contribution is -2.40. The molecule has 0 radical (unpaired) electrons. The van der Waals surface area contributed by atoms with Crippen LogP contribution in [0.2, 0.25) is 5.02 Å². The highest BCUT2D eigenvalue weighted by Gasteiger charge is 2.24. The van der Waals surface area contributed by atoms with Gasteiger partial charge in [-0.1, -0.05) is 35.9 Å². The van der Waals surface area contributed by atoms with Gasteiger partial charge in [0.1, 0.15) is 0 Å². The Morgan fingerprint density at radius 1 is 1.27 bits per heavy atom. The molecule has 0 unspecified atom stereocenters. The fourth-order valence-electron chi connectivity index (χ4n) is 3.69. The summed E-state index contributed by atoms with van der Waals surface area (Å²) in [5.74, 6) is 0. The van der Waals surface area contributed by atoms with E-state index in [9.17, 15) is 9.59 Å². The van der Waals surface area contributed by atoms with Gasteiger partial charge in [0.15, 0.2) is 0 Å². The molecule has 1 atom stereocenters. The number of pyridine rings is 1. The molecule has 2 amide bonds. The van der Waals surface area contributed by atoms with Crippen LogP contribution < -0.4 is 10.9 Å². The molecule has 3 aromatic rings. The van der Waals surface area contributed by atoms with Crippen molar-refractivity contribution in [3.63, 3.8) is 0 Å². The van der Waals surface area contributed by atoms with Crippen LogP contribution in [0.4, 0.5) is 10.5 Å². The van der Waals surface area contributed by atoms with Crippen LogP contribution in [0, 0.1) is 6.92 Å². The summed E-state index contributed by atoms with van der Waals surface area (Å²) in [6.07, 6.45) is 1.83. The number of hydrogen-bond donors (Lipinski definition) is 2. The first-order valence-corrected chi connectivity index (χ1v) is 10.4. The summed E-state index contributed by atoms with van der Waals surface area (Å²) < 4.78 is 5.73. The molecule has 1 aromatic heterocycles. The Morgan fingerprint density at radius 2 is 2.10 bits per heavy atom. The number of urea groups is 1. The number of nitrogens with one attached hydrogen (secondary N) is 2. The number of aromatic nitrogens is 1. The predicted octanol–water partition coefficient (Wildman–Crippen LogP) is 4.70. The van der Waals surface area contributed by atoms with Gasteiger partial charge in [0, 0.05) is 24.2 Å². The summed E-state index contributed by atoms with van der Waals surface area (Å²) >= 11 is 6.19. The molecule has 2 N–H and O–H groups in total. The Balaban J connectivity index is 1.61. The third-order valence-corrected chi connectivity index (χ3v) is 5.62. The van der Waals surface area contributed by atoms with Crippen molar-refractivity contribution in [1.29, 1.82) is 0 Å². The van der Waals surface area contributed by atoms with E-state index >= 15 is 0 Å². The number of fused-ring (bicyclic) bond motifs is 1. The van der Waals surface area contributed by atoms with Gasteiger partial charge in [0.05, 0.1) is 23.4 Å². The number of benzene rings is 2. The van der Waals surface area contributed by atoms with Crippen molar-refractivity contribution >= 4 is 34.2 Å². The van der Waals surface area contributed by atoms with Gasteiger partial charge in [-0.05, 0) is 55.0 Å². The first-order chi connectivity index (χ1) is 14.5. The minimum Gasteiger partial charge on any atom is -0.376 e. The molecule has 30 heavy (non-hydrogen) atoms. The van der Waals surface area contributed by atoms with Crippen molar-refractivity contribution in [2.24, 2.45) is 0 Å². The zero-order valence-corrected chi connectivity index (χ0v) is 17.5. The number of aryl methyl sites for hydroxylation is 1. The number of rotatable bonds is 5. The summed E-state index contributed by atoms with van der Waals surface area (Å²) in [4.78, 5) is 30.3. The average Bonchev–Trinajstić information content (AvgIpc) is 3.23. The molecule has 2 aromatic carbocycles. The Morgan fingerprint density at radius 3 is 2.87 bits per heavy atom. The smallest absolute Gasteiger partial charge is 0.322 e. The zero-order valence-electron chi connectivity index (χ0n) is 16.8. The van der Waals surface area contributed by atoms with E-state index in [-0.39, 0.29) is 24.2 Å². The summed E-state index contributed by atoms with van der Waals surface area (Å²) in [5, 5.41) is 4.25. The number of nitrogens with zero attached hydrogens (tertiary/aromatic N) is 1. The van der Waals surface area contributed by atoms with Crippen molar-refractivity contribution < 1.29 is 9.53 Å². The van der Waals surface area contributed by atoms with Crippen molar-refractivity contribution in [2.45, 2.75) is 32.4 Å². The van der Waals surface area contributed by atoms with E-state index in [1.54, 1.807) is 23.1 Å². The van der Waals surface area contributed by atoms with Crippen molar-refractivity contribution in [3.8, 4) is 0 Å². The lowest BCUT2D eigenvalue weighted by molar-refractivity contribution is 0.0818. The van der Waals surface area contributed by atoms with Crippen molar-refractivity contribution in [2.75, 3.05) is 18.5 Å². The van der Waals surface area contributed by atoms with Crippen LogP contribution in [0.1, 0.15) is 24.0 Å². The van der Waals surface area contributed by atoms with Gasteiger partial charge in [0.25, 0.3) is 5.56 Å². The summed E-state index contributed by atoms with van der Waals surface area (Å²) in [5.41, 5.74) is 2.72. The van der Waals surface area contributed by atoms with E-state index in [2.05, 4.69) is 10.3 Å². The molecule has 6 nitrogen and oxygen atoms in total. The van der Waals surface area contributed by atoms with Gasteiger partial charge >= 0.3 is 6.03 Å². The monoisotopic (exact) mass is 425 g/mol. The molecule has 2 heterocycles. The molecule has 1 fully saturated rings. The number of para-hydroxylation sites is 1.